The summed E-state index contributed by atoms with van der Waals surface area (Å²) < 4.78 is 27.2. The number of nitrogens with zero attached hydrogens (tertiary/aromatic N) is 1. The van der Waals surface area contributed by atoms with Gasteiger partial charge in [0.05, 0.1) is 16.8 Å². The third-order valence-corrected chi connectivity index (χ3v) is 4.29. The first-order chi connectivity index (χ1) is 8.88. The smallest absolute Gasteiger partial charge is 0.262 e. The van der Waals surface area contributed by atoms with Gasteiger partial charge in [0.1, 0.15) is 0 Å². The van der Waals surface area contributed by atoms with Crippen molar-refractivity contribution in [2.24, 2.45) is 0 Å². The number of pyridine rings is 1. The molecule has 2 rings (SSSR count). The molecule has 0 aliphatic carbocycles. The van der Waals surface area contributed by atoms with Crippen molar-refractivity contribution in [2.75, 3.05) is 4.72 Å². The van der Waals surface area contributed by atoms with Gasteiger partial charge in [0.2, 0.25) is 0 Å². The van der Waals surface area contributed by atoms with Gasteiger partial charge in [-0.3, -0.25) is 9.71 Å². The van der Waals surface area contributed by atoms with Gasteiger partial charge in [-0.25, -0.2) is 8.42 Å². The van der Waals surface area contributed by atoms with E-state index in [1.54, 1.807) is 31.3 Å². The SMILES string of the molecule is Cc1cncc(NS(=O)(=O)c2ccc(C)cc2C)c1. The molecule has 0 saturated heterocycles. The second-order valence-electron chi connectivity index (χ2n) is 4.63. The van der Waals surface area contributed by atoms with Gasteiger partial charge in [-0.05, 0) is 44.0 Å². The summed E-state index contributed by atoms with van der Waals surface area (Å²) in [5.74, 6) is 0. The largest absolute Gasteiger partial charge is 0.278 e. The number of sulfonamides is 1. The quantitative estimate of drug-likeness (QED) is 0.937. The van der Waals surface area contributed by atoms with Crippen LogP contribution >= 0.6 is 0 Å². The fourth-order valence-corrected chi connectivity index (χ4v) is 3.18. The minimum absolute atomic E-state index is 0.291. The first-order valence-electron chi connectivity index (χ1n) is 5.90. The molecular weight excluding hydrogens is 260 g/mol. The number of aromatic nitrogens is 1. The average molecular weight is 276 g/mol. The molecule has 0 saturated carbocycles. The van der Waals surface area contributed by atoms with Gasteiger partial charge in [-0.15, -0.1) is 0 Å². The Balaban J connectivity index is 2.38. The highest BCUT2D eigenvalue weighted by Gasteiger charge is 2.16. The molecular formula is C14H16N2O2S. The molecule has 0 atom stereocenters. The summed E-state index contributed by atoms with van der Waals surface area (Å²) in [6.07, 6.45) is 3.17. The molecule has 1 aromatic heterocycles. The summed E-state index contributed by atoms with van der Waals surface area (Å²) in [5, 5.41) is 0. The predicted molar refractivity (Wildman–Crippen MR) is 75.7 cm³/mol. The summed E-state index contributed by atoms with van der Waals surface area (Å²) in [4.78, 5) is 4.26. The Labute approximate surface area is 113 Å². The van der Waals surface area contributed by atoms with E-state index in [1.807, 2.05) is 19.9 Å². The van der Waals surface area contributed by atoms with Gasteiger partial charge < -0.3 is 0 Å². The van der Waals surface area contributed by atoms with Crippen LogP contribution in [0.15, 0.2) is 41.6 Å². The number of aryl methyl sites for hydroxylation is 3. The Morgan fingerprint density at radius 1 is 1.00 bits per heavy atom. The number of benzene rings is 1. The number of hydrogen-bond donors (Lipinski definition) is 1. The van der Waals surface area contributed by atoms with Crippen molar-refractivity contribution >= 4 is 15.7 Å². The maximum Gasteiger partial charge on any atom is 0.262 e. The second-order valence-corrected chi connectivity index (χ2v) is 6.28. The summed E-state index contributed by atoms with van der Waals surface area (Å²) >= 11 is 0. The van der Waals surface area contributed by atoms with E-state index in [0.29, 0.717) is 10.6 Å². The van der Waals surface area contributed by atoms with Crippen LogP contribution in [0.1, 0.15) is 16.7 Å². The topological polar surface area (TPSA) is 59.1 Å². The Kier molecular flexibility index (Phi) is 3.57. The molecule has 0 amide bonds. The molecule has 0 aliphatic heterocycles. The molecule has 0 spiro atoms. The van der Waals surface area contributed by atoms with Crippen LogP contribution in [0.2, 0.25) is 0 Å². The molecule has 0 fully saturated rings. The zero-order valence-electron chi connectivity index (χ0n) is 11.1. The maximum absolute atomic E-state index is 12.3. The first kappa shape index (κ1) is 13.5. The van der Waals surface area contributed by atoms with E-state index in [1.165, 1.54) is 6.20 Å². The van der Waals surface area contributed by atoms with Crippen LogP contribution in [0.4, 0.5) is 5.69 Å². The van der Waals surface area contributed by atoms with E-state index in [-0.39, 0.29) is 0 Å². The van der Waals surface area contributed by atoms with Crippen LogP contribution in [0.3, 0.4) is 0 Å². The summed E-state index contributed by atoms with van der Waals surface area (Å²) in [7, 11) is -3.57. The lowest BCUT2D eigenvalue weighted by molar-refractivity contribution is 0.600. The fraction of sp³-hybridized carbons (Fsp3) is 0.214. The zero-order chi connectivity index (χ0) is 14.0. The molecule has 100 valence electrons. The van der Waals surface area contributed by atoms with Crippen LogP contribution in [0.5, 0.6) is 0 Å². The van der Waals surface area contributed by atoms with Gasteiger partial charge in [-0.1, -0.05) is 17.7 Å². The van der Waals surface area contributed by atoms with E-state index in [2.05, 4.69) is 9.71 Å². The van der Waals surface area contributed by atoms with E-state index in [0.717, 1.165) is 16.7 Å². The highest BCUT2D eigenvalue weighted by molar-refractivity contribution is 7.92. The Morgan fingerprint density at radius 3 is 2.37 bits per heavy atom. The van der Waals surface area contributed by atoms with Gasteiger partial charge in [-0.2, -0.15) is 0 Å². The normalized spacial score (nSPS) is 11.3. The van der Waals surface area contributed by atoms with Gasteiger partial charge in [0.25, 0.3) is 10.0 Å². The lowest BCUT2D eigenvalue weighted by Gasteiger charge is -2.11. The van der Waals surface area contributed by atoms with Crippen molar-refractivity contribution in [1.29, 1.82) is 0 Å². The van der Waals surface area contributed by atoms with E-state index in [9.17, 15) is 8.42 Å². The summed E-state index contributed by atoms with van der Waals surface area (Å²) in [5.41, 5.74) is 3.14. The van der Waals surface area contributed by atoms with Crippen LogP contribution in [-0.2, 0) is 10.0 Å². The standard InChI is InChI=1S/C14H16N2O2S/c1-10-4-5-14(12(3)6-10)19(17,18)16-13-7-11(2)8-15-9-13/h4-9,16H,1-3H3. The van der Waals surface area contributed by atoms with Crippen LogP contribution in [0, 0.1) is 20.8 Å². The van der Waals surface area contributed by atoms with Crippen molar-refractivity contribution in [3.05, 3.63) is 53.3 Å². The van der Waals surface area contributed by atoms with Crippen molar-refractivity contribution in [1.82, 2.24) is 4.98 Å². The molecule has 19 heavy (non-hydrogen) atoms. The lowest BCUT2D eigenvalue weighted by atomic mass is 10.2. The molecule has 1 aromatic carbocycles. The summed E-state index contributed by atoms with van der Waals surface area (Å²) in [6.45, 7) is 5.58. The number of rotatable bonds is 3. The number of anilines is 1. The minimum atomic E-state index is -3.57. The fourth-order valence-electron chi connectivity index (χ4n) is 1.92. The molecule has 0 bridgehead atoms. The van der Waals surface area contributed by atoms with E-state index >= 15 is 0 Å². The molecule has 4 nitrogen and oxygen atoms in total. The molecule has 0 unspecified atom stereocenters. The van der Waals surface area contributed by atoms with Crippen LogP contribution in [0.25, 0.3) is 0 Å². The Bertz CT molecular complexity index is 709. The van der Waals surface area contributed by atoms with Crippen LogP contribution in [-0.4, -0.2) is 13.4 Å². The highest BCUT2D eigenvalue weighted by atomic mass is 32.2. The average Bonchev–Trinajstić information content (AvgIpc) is 2.27. The van der Waals surface area contributed by atoms with E-state index in [4.69, 9.17) is 0 Å². The highest BCUT2D eigenvalue weighted by Crippen LogP contribution is 2.20. The van der Waals surface area contributed by atoms with Crippen molar-refractivity contribution < 1.29 is 8.42 Å². The third kappa shape index (κ3) is 3.12. The van der Waals surface area contributed by atoms with Gasteiger partial charge >= 0.3 is 0 Å². The lowest BCUT2D eigenvalue weighted by Crippen LogP contribution is -2.14. The minimum Gasteiger partial charge on any atom is -0.278 e. The molecule has 5 heteroatoms. The van der Waals surface area contributed by atoms with Crippen LogP contribution < -0.4 is 4.72 Å². The molecule has 0 aliphatic rings. The van der Waals surface area contributed by atoms with E-state index < -0.39 is 10.0 Å². The van der Waals surface area contributed by atoms with Crippen molar-refractivity contribution in [3.63, 3.8) is 0 Å². The second kappa shape index (κ2) is 5.01. The van der Waals surface area contributed by atoms with Gasteiger partial charge in [0.15, 0.2) is 0 Å². The van der Waals surface area contributed by atoms with Crippen molar-refractivity contribution in [2.45, 2.75) is 25.7 Å². The number of nitrogens with one attached hydrogen (secondary N) is 1. The van der Waals surface area contributed by atoms with Crippen molar-refractivity contribution in [3.8, 4) is 0 Å². The maximum atomic E-state index is 12.3. The zero-order valence-corrected chi connectivity index (χ0v) is 12.0. The Morgan fingerprint density at radius 2 is 1.74 bits per heavy atom. The molecule has 1 heterocycles. The Hall–Kier alpha value is -1.88. The monoisotopic (exact) mass is 276 g/mol. The summed E-state index contributed by atoms with van der Waals surface area (Å²) in [6, 6.07) is 7.00. The first-order valence-corrected chi connectivity index (χ1v) is 7.38. The predicted octanol–water partition coefficient (Wildman–Crippen LogP) is 2.81. The third-order valence-electron chi connectivity index (χ3n) is 2.75. The van der Waals surface area contributed by atoms with Gasteiger partial charge in [0, 0.05) is 6.20 Å². The molecule has 2 aromatic rings. The number of hydrogen-bond acceptors (Lipinski definition) is 3. The molecule has 1 N–H and O–H groups in total. The molecule has 0 radical (unpaired) electrons.